The fourth-order valence-corrected chi connectivity index (χ4v) is 10.5. The van der Waals surface area contributed by atoms with Gasteiger partial charge in [-0.1, -0.05) is 152 Å². The zero-order valence-corrected chi connectivity index (χ0v) is 38.8. The number of allylic oxidation sites excluding steroid dienone is 3. The predicted molar refractivity (Wildman–Crippen MR) is 290 cm³/mol. The van der Waals surface area contributed by atoms with Crippen LogP contribution in [-0.4, -0.2) is 18.7 Å². The Morgan fingerprint density at radius 1 is 0.478 bits per heavy atom. The van der Waals surface area contributed by atoms with Crippen LogP contribution in [0.15, 0.2) is 236 Å². The van der Waals surface area contributed by atoms with E-state index in [1.165, 1.54) is 60.3 Å². The molecule has 0 spiro atoms. The van der Waals surface area contributed by atoms with E-state index >= 15 is 0 Å². The third-order valence-electron chi connectivity index (χ3n) is 13.6. The minimum Gasteiger partial charge on any atom is -0.456 e. The van der Waals surface area contributed by atoms with E-state index in [9.17, 15) is 0 Å². The van der Waals surface area contributed by atoms with Crippen molar-refractivity contribution in [3.05, 3.63) is 242 Å². The summed E-state index contributed by atoms with van der Waals surface area (Å²) in [5.74, 6) is 0.927. The van der Waals surface area contributed by atoms with E-state index in [-0.39, 0.29) is 0 Å². The highest BCUT2D eigenvalue weighted by Gasteiger charge is 2.20. The van der Waals surface area contributed by atoms with Gasteiger partial charge in [-0.15, -0.1) is 0 Å². The van der Waals surface area contributed by atoms with E-state index in [0.29, 0.717) is 0 Å². The summed E-state index contributed by atoms with van der Waals surface area (Å²) in [5.41, 5.74) is 17.8. The molecule has 13 rings (SSSR count). The normalized spacial score (nSPS) is 11.7. The summed E-state index contributed by atoms with van der Waals surface area (Å²) in [6.07, 6.45) is 9.53. The first-order valence-electron chi connectivity index (χ1n) is 23.5. The molecule has 0 bridgehead atoms. The second kappa shape index (κ2) is 17.1. The number of rotatable bonds is 7. The summed E-state index contributed by atoms with van der Waals surface area (Å²) in [6, 6.07) is 70.2. The molecule has 0 radical (unpaired) electrons. The van der Waals surface area contributed by atoms with Crippen molar-refractivity contribution in [2.75, 3.05) is 0 Å². The van der Waals surface area contributed by atoms with E-state index in [2.05, 4.69) is 228 Å². The highest BCUT2D eigenvalue weighted by molar-refractivity contribution is 6.11. The fourth-order valence-electron chi connectivity index (χ4n) is 10.5. The first-order valence-corrected chi connectivity index (χ1v) is 23.5. The van der Waals surface area contributed by atoms with Crippen LogP contribution >= 0.6 is 0 Å². The number of furan rings is 1. The monoisotopic (exact) mass is 888 g/mol. The molecular formula is C64H48N4O. The Bertz CT molecular complexity index is 3900. The van der Waals surface area contributed by atoms with Crippen LogP contribution in [0.1, 0.15) is 18.1 Å². The summed E-state index contributed by atoms with van der Waals surface area (Å²) in [5, 5.41) is 7.12. The SMILES string of the molecule is C=C/C=C\C.Cc1ccc(-c2ccc3oc4ccc(-c5cc(-n6c7ccccc7c7ccccc76)cc(-n6c7ccccc7c7ccccc76)c5)cc4c3c2)c(C)c1-n1ccnc1-c1ccccc1. The van der Waals surface area contributed by atoms with Gasteiger partial charge in [-0.05, 0) is 121 Å². The zero-order chi connectivity index (χ0) is 46.6. The smallest absolute Gasteiger partial charge is 0.144 e. The van der Waals surface area contributed by atoms with Gasteiger partial charge in [0.05, 0.1) is 27.8 Å². The standard InChI is InChI=1S/C59H40N4O.C5H8/c1-37-24-27-45(38(2)58(37)61-31-30-60-59(61)39-14-4-3-5-15-39)41-26-29-57-51(35-41)50-34-40(25-28-56(50)64-57)42-32-43(62-52-20-10-6-16-46(52)47-17-7-11-21-53(47)62)36-44(33-42)63-54-22-12-8-18-48(54)49-19-9-13-23-55(49)63;1-3-5-4-2/h3-36H,1-2H3;3-5H,1H2,2H3/b;5-4-. The number of benzene rings is 9. The molecule has 0 atom stereocenters. The maximum atomic E-state index is 6.57. The lowest BCUT2D eigenvalue weighted by molar-refractivity contribution is 0.669. The van der Waals surface area contributed by atoms with Crippen LogP contribution < -0.4 is 0 Å². The lowest BCUT2D eigenvalue weighted by atomic mass is 9.95. The van der Waals surface area contributed by atoms with Gasteiger partial charge in [-0.25, -0.2) is 4.98 Å². The van der Waals surface area contributed by atoms with Crippen molar-refractivity contribution in [2.45, 2.75) is 20.8 Å². The maximum absolute atomic E-state index is 6.57. The van der Waals surface area contributed by atoms with E-state index in [4.69, 9.17) is 9.40 Å². The number of nitrogens with zero attached hydrogens (tertiary/aromatic N) is 4. The number of imidazole rings is 1. The van der Waals surface area contributed by atoms with E-state index in [1.807, 2.05) is 31.3 Å². The summed E-state index contributed by atoms with van der Waals surface area (Å²) < 4.78 is 13.6. The van der Waals surface area contributed by atoms with Crippen molar-refractivity contribution in [3.8, 4) is 50.7 Å². The molecular weight excluding hydrogens is 841 g/mol. The Morgan fingerprint density at radius 2 is 0.986 bits per heavy atom. The molecule has 9 aromatic carbocycles. The number of fused-ring (bicyclic) bond motifs is 9. The molecule has 0 aliphatic rings. The maximum Gasteiger partial charge on any atom is 0.144 e. The van der Waals surface area contributed by atoms with Crippen molar-refractivity contribution < 1.29 is 4.42 Å². The van der Waals surface area contributed by atoms with E-state index < -0.39 is 0 Å². The van der Waals surface area contributed by atoms with Crippen LogP contribution in [0.3, 0.4) is 0 Å². The van der Waals surface area contributed by atoms with Crippen LogP contribution in [0.2, 0.25) is 0 Å². The molecule has 4 heterocycles. The molecule has 69 heavy (non-hydrogen) atoms. The third-order valence-corrected chi connectivity index (χ3v) is 13.6. The molecule has 5 nitrogen and oxygen atoms in total. The second-order valence-electron chi connectivity index (χ2n) is 17.7. The van der Waals surface area contributed by atoms with E-state index in [0.717, 1.165) is 67.1 Å². The number of aryl methyl sites for hydroxylation is 1. The third kappa shape index (κ3) is 6.98. The second-order valence-corrected chi connectivity index (χ2v) is 17.7. The first kappa shape index (κ1) is 41.5. The summed E-state index contributed by atoms with van der Waals surface area (Å²) in [7, 11) is 0. The lowest BCUT2D eigenvalue weighted by Gasteiger charge is -2.18. The summed E-state index contributed by atoms with van der Waals surface area (Å²) in [4.78, 5) is 4.79. The van der Waals surface area contributed by atoms with Crippen LogP contribution in [0.4, 0.5) is 0 Å². The Hall–Kier alpha value is -8.93. The van der Waals surface area contributed by atoms with Crippen molar-refractivity contribution in [1.29, 1.82) is 0 Å². The molecule has 0 N–H and O–H groups in total. The minimum atomic E-state index is 0.865. The topological polar surface area (TPSA) is 40.8 Å². The molecule has 0 saturated carbocycles. The largest absolute Gasteiger partial charge is 0.456 e. The fraction of sp³-hybridized carbons (Fsp3) is 0.0469. The molecule has 0 fully saturated rings. The molecule has 0 unspecified atom stereocenters. The van der Waals surface area contributed by atoms with Crippen molar-refractivity contribution in [1.82, 2.24) is 18.7 Å². The average Bonchev–Trinajstić information content (AvgIpc) is 4.18. The Balaban J connectivity index is 0.000000939. The molecule has 4 aromatic heterocycles. The van der Waals surface area contributed by atoms with Gasteiger partial charge in [0.15, 0.2) is 0 Å². The van der Waals surface area contributed by atoms with E-state index in [1.54, 1.807) is 6.08 Å². The average molecular weight is 889 g/mol. The summed E-state index contributed by atoms with van der Waals surface area (Å²) in [6.45, 7) is 9.83. The van der Waals surface area contributed by atoms with Gasteiger partial charge in [0, 0.05) is 61.6 Å². The first-order chi connectivity index (χ1) is 34.0. The highest BCUT2D eigenvalue weighted by atomic mass is 16.3. The van der Waals surface area contributed by atoms with Gasteiger partial charge in [0.1, 0.15) is 17.0 Å². The minimum absolute atomic E-state index is 0.865. The van der Waals surface area contributed by atoms with Crippen LogP contribution in [-0.2, 0) is 0 Å². The van der Waals surface area contributed by atoms with Gasteiger partial charge in [-0.2, -0.15) is 0 Å². The molecule has 0 saturated heterocycles. The van der Waals surface area contributed by atoms with Crippen LogP contribution in [0, 0.1) is 13.8 Å². The van der Waals surface area contributed by atoms with Crippen molar-refractivity contribution >= 4 is 65.6 Å². The van der Waals surface area contributed by atoms with Gasteiger partial charge < -0.3 is 13.6 Å². The lowest BCUT2D eigenvalue weighted by Crippen LogP contribution is -2.03. The predicted octanol–water partition coefficient (Wildman–Crippen LogP) is 17.3. The van der Waals surface area contributed by atoms with Gasteiger partial charge in [-0.3, -0.25) is 4.57 Å². The Morgan fingerprint density at radius 3 is 1.51 bits per heavy atom. The van der Waals surface area contributed by atoms with Gasteiger partial charge >= 0.3 is 0 Å². The molecule has 0 aliphatic carbocycles. The number of hydrogen-bond donors (Lipinski definition) is 0. The number of para-hydroxylation sites is 4. The molecule has 13 aromatic rings. The van der Waals surface area contributed by atoms with Crippen molar-refractivity contribution in [2.24, 2.45) is 0 Å². The van der Waals surface area contributed by atoms with Gasteiger partial charge in [0.25, 0.3) is 0 Å². The van der Waals surface area contributed by atoms with Crippen LogP contribution in [0.25, 0.3) is 116 Å². The Kier molecular flexibility index (Phi) is 10.3. The van der Waals surface area contributed by atoms with Crippen molar-refractivity contribution in [3.63, 3.8) is 0 Å². The molecule has 0 amide bonds. The summed E-state index contributed by atoms with van der Waals surface area (Å²) >= 11 is 0. The quantitative estimate of drug-likeness (QED) is 0.150. The van der Waals surface area contributed by atoms with Crippen LogP contribution in [0.5, 0.6) is 0 Å². The van der Waals surface area contributed by atoms with Gasteiger partial charge in [0.2, 0.25) is 0 Å². The molecule has 5 heteroatoms. The zero-order valence-electron chi connectivity index (χ0n) is 38.8. The number of hydrogen-bond acceptors (Lipinski definition) is 2. The number of aromatic nitrogens is 4. The highest BCUT2D eigenvalue weighted by Crippen LogP contribution is 2.41. The Labute approximate surface area is 400 Å². The molecule has 330 valence electrons. The molecule has 0 aliphatic heterocycles.